The molecule has 1 fully saturated rings. The van der Waals surface area contributed by atoms with Crippen LogP contribution in [0.5, 0.6) is 5.75 Å². The van der Waals surface area contributed by atoms with Gasteiger partial charge in [-0.05, 0) is 24.6 Å². The Kier molecular flexibility index (Phi) is 6.60. The van der Waals surface area contributed by atoms with Crippen molar-refractivity contribution in [3.63, 3.8) is 0 Å². The van der Waals surface area contributed by atoms with Gasteiger partial charge in [0.15, 0.2) is 5.82 Å². The molecule has 2 aromatic rings. The van der Waals surface area contributed by atoms with Crippen molar-refractivity contribution >= 4 is 12.4 Å². The molecule has 1 aromatic heterocycles. The van der Waals surface area contributed by atoms with E-state index < -0.39 is 0 Å². The van der Waals surface area contributed by atoms with Gasteiger partial charge >= 0.3 is 0 Å². The number of halogens is 1. The van der Waals surface area contributed by atoms with Gasteiger partial charge < -0.3 is 14.6 Å². The molecule has 6 nitrogen and oxygen atoms in total. The molecule has 0 spiro atoms. The average Bonchev–Trinajstić information content (AvgIpc) is 3.03. The first-order valence-corrected chi connectivity index (χ1v) is 8.05. The number of hydrogen-bond donors (Lipinski definition) is 1. The second kappa shape index (κ2) is 8.46. The Labute approximate surface area is 149 Å². The molecule has 3 rings (SSSR count). The fourth-order valence-corrected chi connectivity index (χ4v) is 3.03. The van der Waals surface area contributed by atoms with Crippen molar-refractivity contribution in [2.45, 2.75) is 25.3 Å². The molecule has 132 valence electrons. The molecule has 0 radical (unpaired) electrons. The summed E-state index contributed by atoms with van der Waals surface area (Å²) in [7, 11) is 3.79. The van der Waals surface area contributed by atoms with Gasteiger partial charge in [-0.15, -0.1) is 12.4 Å². The van der Waals surface area contributed by atoms with Crippen molar-refractivity contribution in [3.05, 3.63) is 41.5 Å². The zero-order chi connectivity index (χ0) is 16.2. The van der Waals surface area contributed by atoms with Crippen molar-refractivity contribution in [2.24, 2.45) is 0 Å². The minimum absolute atomic E-state index is 0. The largest absolute Gasteiger partial charge is 0.496 e. The Bertz CT molecular complexity index is 649. The SMILES string of the molecule is COc1ccccc1C(C)Cc1nc(C2CNCCN2C)no1.Cl. The van der Waals surface area contributed by atoms with E-state index in [1.165, 1.54) is 0 Å². The minimum atomic E-state index is 0. The molecule has 1 aliphatic rings. The van der Waals surface area contributed by atoms with Gasteiger partial charge in [0.05, 0.1) is 13.2 Å². The van der Waals surface area contributed by atoms with Crippen LogP contribution >= 0.6 is 12.4 Å². The van der Waals surface area contributed by atoms with Crippen LogP contribution < -0.4 is 10.1 Å². The number of para-hydroxylation sites is 1. The van der Waals surface area contributed by atoms with Crippen molar-refractivity contribution < 1.29 is 9.26 Å². The molecule has 1 saturated heterocycles. The lowest BCUT2D eigenvalue weighted by atomic mass is 9.97. The average molecular weight is 353 g/mol. The summed E-state index contributed by atoms with van der Waals surface area (Å²) in [4.78, 5) is 6.86. The monoisotopic (exact) mass is 352 g/mol. The van der Waals surface area contributed by atoms with E-state index >= 15 is 0 Å². The third kappa shape index (κ3) is 4.06. The molecule has 1 N–H and O–H groups in total. The predicted molar refractivity (Wildman–Crippen MR) is 94.9 cm³/mol. The molecule has 0 bridgehead atoms. The van der Waals surface area contributed by atoms with Crippen molar-refractivity contribution in [1.29, 1.82) is 0 Å². The summed E-state index contributed by atoms with van der Waals surface area (Å²) < 4.78 is 10.9. The van der Waals surface area contributed by atoms with Crippen LogP contribution in [0.4, 0.5) is 0 Å². The molecule has 2 heterocycles. The Morgan fingerprint density at radius 2 is 2.21 bits per heavy atom. The van der Waals surface area contributed by atoms with Crippen LogP contribution in [0.25, 0.3) is 0 Å². The van der Waals surface area contributed by atoms with E-state index in [0.717, 1.165) is 36.8 Å². The lowest BCUT2D eigenvalue weighted by Crippen LogP contribution is -2.44. The number of aromatic nitrogens is 2. The fraction of sp³-hybridized carbons (Fsp3) is 0.529. The van der Waals surface area contributed by atoms with Gasteiger partial charge in [0, 0.05) is 26.1 Å². The normalized spacial score (nSPS) is 19.5. The van der Waals surface area contributed by atoms with Gasteiger partial charge in [-0.1, -0.05) is 30.3 Å². The van der Waals surface area contributed by atoms with Crippen LogP contribution in [0.3, 0.4) is 0 Å². The lowest BCUT2D eigenvalue weighted by Gasteiger charge is -2.30. The number of nitrogens with one attached hydrogen (secondary N) is 1. The van der Waals surface area contributed by atoms with E-state index in [1.807, 2.05) is 18.2 Å². The lowest BCUT2D eigenvalue weighted by molar-refractivity contribution is 0.190. The summed E-state index contributed by atoms with van der Waals surface area (Å²) >= 11 is 0. The van der Waals surface area contributed by atoms with Gasteiger partial charge in [0.1, 0.15) is 5.75 Å². The number of nitrogens with zero attached hydrogens (tertiary/aromatic N) is 3. The van der Waals surface area contributed by atoms with E-state index in [4.69, 9.17) is 9.26 Å². The third-order valence-electron chi connectivity index (χ3n) is 4.44. The van der Waals surface area contributed by atoms with E-state index in [9.17, 15) is 0 Å². The zero-order valence-electron chi connectivity index (χ0n) is 14.4. The summed E-state index contributed by atoms with van der Waals surface area (Å²) in [5.74, 6) is 2.59. The molecule has 2 unspecified atom stereocenters. The Morgan fingerprint density at radius 1 is 1.42 bits per heavy atom. The maximum atomic E-state index is 5.48. The first kappa shape index (κ1) is 18.7. The maximum absolute atomic E-state index is 5.48. The topological polar surface area (TPSA) is 63.4 Å². The number of hydrogen-bond acceptors (Lipinski definition) is 6. The fourth-order valence-electron chi connectivity index (χ4n) is 3.03. The van der Waals surface area contributed by atoms with E-state index in [2.05, 4.69) is 40.4 Å². The van der Waals surface area contributed by atoms with Crippen LogP contribution in [-0.4, -0.2) is 48.8 Å². The molecule has 0 saturated carbocycles. The molecule has 2 atom stereocenters. The van der Waals surface area contributed by atoms with Gasteiger partial charge in [0.2, 0.25) is 5.89 Å². The molecule has 0 amide bonds. The maximum Gasteiger partial charge on any atom is 0.227 e. The summed E-state index contributed by atoms with van der Waals surface area (Å²) in [6, 6.07) is 8.25. The molecular formula is C17H25ClN4O2. The quantitative estimate of drug-likeness (QED) is 0.891. The smallest absolute Gasteiger partial charge is 0.227 e. The van der Waals surface area contributed by atoms with Crippen LogP contribution in [-0.2, 0) is 6.42 Å². The van der Waals surface area contributed by atoms with Crippen LogP contribution in [0.2, 0.25) is 0 Å². The van der Waals surface area contributed by atoms with Crippen molar-refractivity contribution in [3.8, 4) is 5.75 Å². The van der Waals surface area contributed by atoms with Gasteiger partial charge in [-0.3, -0.25) is 4.90 Å². The van der Waals surface area contributed by atoms with E-state index in [-0.39, 0.29) is 24.4 Å². The summed E-state index contributed by atoms with van der Waals surface area (Å²) in [5, 5.41) is 7.56. The second-order valence-corrected chi connectivity index (χ2v) is 6.09. The highest BCUT2D eigenvalue weighted by Gasteiger charge is 2.25. The molecule has 0 aliphatic carbocycles. The summed E-state index contributed by atoms with van der Waals surface area (Å²) in [6.45, 7) is 5.00. The zero-order valence-corrected chi connectivity index (χ0v) is 15.2. The number of benzene rings is 1. The summed E-state index contributed by atoms with van der Waals surface area (Å²) in [6.07, 6.45) is 0.706. The highest BCUT2D eigenvalue weighted by Crippen LogP contribution is 2.28. The highest BCUT2D eigenvalue weighted by atomic mass is 35.5. The van der Waals surface area contributed by atoms with E-state index in [0.29, 0.717) is 12.3 Å². The van der Waals surface area contributed by atoms with Crippen LogP contribution in [0.15, 0.2) is 28.8 Å². The number of rotatable bonds is 5. The first-order chi connectivity index (χ1) is 11.2. The van der Waals surface area contributed by atoms with Gasteiger partial charge in [-0.2, -0.15) is 4.98 Å². The molecule has 1 aliphatic heterocycles. The Balaban J connectivity index is 0.00000208. The van der Waals surface area contributed by atoms with E-state index in [1.54, 1.807) is 7.11 Å². The van der Waals surface area contributed by atoms with Gasteiger partial charge in [-0.25, -0.2) is 0 Å². The van der Waals surface area contributed by atoms with Gasteiger partial charge in [0.25, 0.3) is 0 Å². The second-order valence-electron chi connectivity index (χ2n) is 6.09. The Morgan fingerprint density at radius 3 is 2.96 bits per heavy atom. The summed E-state index contributed by atoms with van der Waals surface area (Å²) in [5.41, 5.74) is 1.16. The van der Waals surface area contributed by atoms with Crippen LogP contribution in [0, 0.1) is 0 Å². The van der Waals surface area contributed by atoms with Crippen molar-refractivity contribution in [1.82, 2.24) is 20.4 Å². The molecule has 24 heavy (non-hydrogen) atoms. The molecular weight excluding hydrogens is 328 g/mol. The van der Waals surface area contributed by atoms with Crippen molar-refractivity contribution in [2.75, 3.05) is 33.8 Å². The highest BCUT2D eigenvalue weighted by molar-refractivity contribution is 5.85. The minimum Gasteiger partial charge on any atom is -0.496 e. The third-order valence-corrected chi connectivity index (χ3v) is 4.44. The number of methoxy groups -OCH3 is 1. The van der Waals surface area contributed by atoms with Crippen LogP contribution in [0.1, 0.15) is 36.2 Å². The first-order valence-electron chi connectivity index (χ1n) is 8.05. The standard InChI is InChI=1S/C17H24N4O2.ClH/c1-12(13-6-4-5-7-15(13)22-3)10-16-19-17(20-23-16)14-11-18-8-9-21(14)2;/h4-7,12,14,18H,8-11H2,1-3H3;1H. The molecule has 1 aromatic carbocycles. The number of ether oxygens (including phenoxy) is 1. The Hall–Kier alpha value is -1.63. The number of piperazine rings is 1. The predicted octanol–water partition coefficient (Wildman–Crippen LogP) is 2.42. The number of likely N-dealkylation sites (N-methyl/N-ethyl adjacent to an activating group) is 1. The molecule has 7 heteroatoms.